The van der Waals surface area contributed by atoms with Crippen molar-refractivity contribution in [3.05, 3.63) is 58.9 Å². The Morgan fingerprint density at radius 1 is 1.10 bits per heavy atom. The summed E-state index contributed by atoms with van der Waals surface area (Å²) in [6, 6.07) is 10.9. The van der Waals surface area contributed by atoms with Gasteiger partial charge in [-0.2, -0.15) is 0 Å². The second-order valence-corrected chi connectivity index (χ2v) is 5.39. The van der Waals surface area contributed by atoms with Gasteiger partial charge in [0, 0.05) is 25.5 Å². The molecule has 0 radical (unpaired) electrons. The first-order valence-electron chi connectivity index (χ1n) is 6.96. The van der Waals surface area contributed by atoms with E-state index in [0.29, 0.717) is 0 Å². The number of nitrogens with one attached hydrogen (secondary N) is 1. The van der Waals surface area contributed by atoms with Crippen molar-refractivity contribution >= 4 is 5.69 Å². The second-order valence-electron chi connectivity index (χ2n) is 5.39. The van der Waals surface area contributed by atoms with E-state index in [1.54, 1.807) is 0 Å². The Balaban J connectivity index is 2.08. The van der Waals surface area contributed by atoms with Crippen LogP contribution in [0.4, 0.5) is 5.69 Å². The van der Waals surface area contributed by atoms with Gasteiger partial charge in [-0.3, -0.25) is 4.98 Å². The van der Waals surface area contributed by atoms with Crippen LogP contribution < -0.4 is 10.2 Å². The molecule has 3 nitrogen and oxygen atoms in total. The van der Waals surface area contributed by atoms with Crippen LogP contribution in [0.1, 0.15) is 22.4 Å². The van der Waals surface area contributed by atoms with Gasteiger partial charge in [-0.05, 0) is 55.8 Å². The van der Waals surface area contributed by atoms with Crippen LogP contribution in [-0.4, -0.2) is 19.1 Å². The monoisotopic (exact) mass is 269 g/mol. The van der Waals surface area contributed by atoms with Crippen molar-refractivity contribution in [2.75, 3.05) is 19.0 Å². The third-order valence-corrected chi connectivity index (χ3v) is 3.31. The molecule has 1 heterocycles. The lowest BCUT2D eigenvalue weighted by atomic mass is 10.1. The SMILES string of the molecule is CNCc1ccc(CN(C)c2cc(C)cc(C)c2)nc1. The van der Waals surface area contributed by atoms with E-state index in [9.17, 15) is 0 Å². The zero-order valence-corrected chi connectivity index (χ0v) is 12.8. The summed E-state index contributed by atoms with van der Waals surface area (Å²) in [5, 5.41) is 3.13. The number of pyridine rings is 1. The Labute approximate surface area is 121 Å². The van der Waals surface area contributed by atoms with Crippen molar-refractivity contribution in [3.63, 3.8) is 0 Å². The van der Waals surface area contributed by atoms with Crippen molar-refractivity contribution in [1.29, 1.82) is 0 Å². The van der Waals surface area contributed by atoms with E-state index in [4.69, 9.17) is 0 Å². The minimum absolute atomic E-state index is 0.822. The number of hydrogen-bond donors (Lipinski definition) is 1. The highest BCUT2D eigenvalue weighted by Gasteiger charge is 2.04. The van der Waals surface area contributed by atoms with Crippen LogP contribution in [0.25, 0.3) is 0 Å². The van der Waals surface area contributed by atoms with Gasteiger partial charge < -0.3 is 10.2 Å². The number of benzene rings is 1. The minimum atomic E-state index is 0.822. The Morgan fingerprint density at radius 2 is 1.80 bits per heavy atom. The molecule has 2 rings (SSSR count). The zero-order chi connectivity index (χ0) is 14.5. The first kappa shape index (κ1) is 14.5. The molecule has 3 heteroatoms. The highest BCUT2D eigenvalue weighted by molar-refractivity contribution is 5.50. The normalized spacial score (nSPS) is 10.6. The molecular weight excluding hydrogens is 246 g/mol. The average Bonchev–Trinajstić information content (AvgIpc) is 2.40. The molecule has 0 atom stereocenters. The molecule has 1 N–H and O–H groups in total. The van der Waals surface area contributed by atoms with Crippen LogP contribution in [-0.2, 0) is 13.1 Å². The van der Waals surface area contributed by atoms with Crippen molar-refractivity contribution in [3.8, 4) is 0 Å². The Bertz CT molecular complexity index is 541. The summed E-state index contributed by atoms with van der Waals surface area (Å²) in [7, 11) is 4.05. The van der Waals surface area contributed by atoms with Gasteiger partial charge in [0.2, 0.25) is 0 Å². The van der Waals surface area contributed by atoms with E-state index >= 15 is 0 Å². The molecule has 0 spiro atoms. The molecule has 0 unspecified atom stereocenters. The summed E-state index contributed by atoms with van der Waals surface area (Å²) in [6.45, 7) is 5.95. The minimum Gasteiger partial charge on any atom is -0.369 e. The number of aryl methyl sites for hydroxylation is 2. The summed E-state index contributed by atoms with van der Waals surface area (Å²) in [4.78, 5) is 6.76. The third kappa shape index (κ3) is 3.81. The highest BCUT2D eigenvalue weighted by atomic mass is 15.1. The largest absolute Gasteiger partial charge is 0.369 e. The molecule has 0 amide bonds. The molecule has 0 fully saturated rings. The summed E-state index contributed by atoms with van der Waals surface area (Å²) in [6.07, 6.45) is 1.95. The van der Waals surface area contributed by atoms with Crippen molar-refractivity contribution in [1.82, 2.24) is 10.3 Å². The van der Waals surface area contributed by atoms with Gasteiger partial charge >= 0.3 is 0 Å². The molecule has 106 valence electrons. The number of aromatic nitrogens is 1. The van der Waals surface area contributed by atoms with Crippen molar-refractivity contribution < 1.29 is 0 Å². The molecule has 0 saturated heterocycles. The van der Waals surface area contributed by atoms with Gasteiger partial charge in [0.1, 0.15) is 0 Å². The van der Waals surface area contributed by atoms with Crippen molar-refractivity contribution in [2.45, 2.75) is 26.9 Å². The Hall–Kier alpha value is -1.87. The predicted octanol–water partition coefficient (Wildman–Crippen LogP) is 3.05. The van der Waals surface area contributed by atoms with Gasteiger partial charge in [0.05, 0.1) is 12.2 Å². The van der Waals surface area contributed by atoms with E-state index in [1.165, 1.54) is 22.4 Å². The quantitative estimate of drug-likeness (QED) is 0.904. The molecule has 0 bridgehead atoms. The van der Waals surface area contributed by atoms with Crippen LogP contribution in [0.3, 0.4) is 0 Å². The Kier molecular flexibility index (Phi) is 4.74. The first-order valence-corrected chi connectivity index (χ1v) is 6.96. The lowest BCUT2D eigenvalue weighted by Gasteiger charge is -2.20. The summed E-state index contributed by atoms with van der Waals surface area (Å²) in [5.41, 5.74) is 6.13. The molecule has 0 aliphatic heterocycles. The summed E-state index contributed by atoms with van der Waals surface area (Å²) in [5.74, 6) is 0. The fourth-order valence-electron chi connectivity index (χ4n) is 2.36. The maximum absolute atomic E-state index is 4.53. The zero-order valence-electron chi connectivity index (χ0n) is 12.8. The Morgan fingerprint density at radius 3 is 2.35 bits per heavy atom. The molecule has 1 aromatic carbocycles. The van der Waals surface area contributed by atoms with E-state index < -0.39 is 0 Å². The van der Waals surface area contributed by atoms with Gasteiger partial charge in [0.15, 0.2) is 0 Å². The second kappa shape index (κ2) is 6.53. The van der Waals surface area contributed by atoms with E-state index in [-0.39, 0.29) is 0 Å². The summed E-state index contributed by atoms with van der Waals surface area (Å²) >= 11 is 0. The third-order valence-electron chi connectivity index (χ3n) is 3.31. The van der Waals surface area contributed by atoms with Gasteiger partial charge in [0.25, 0.3) is 0 Å². The number of anilines is 1. The first-order chi connectivity index (χ1) is 9.58. The van der Waals surface area contributed by atoms with Crippen LogP contribution in [0.5, 0.6) is 0 Å². The van der Waals surface area contributed by atoms with E-state index in [1.807, 2.05) is 13.2 Å². The van der Waals surface area contributed by atoms with E-state index in [0.717, 1.165) is 18.8 Å². The maximum Gasteiger partial charge on any atom is 0.0598 e. The van der Waals surface area contributed by atoms with Gasteiger partial charge in [-0.1, -0.05) is 12.1 Å². The fraction of sp³-hybridized carbons (Fsp3) is 0.353. The van der Waals surface area contributed by atoms with Crippen molar-refractivity contribution in [2.24, 2.45) is 0 Å². The topological polar surface area (TPSA) is 28.2 Å². The average molecular weight is 269 g/mol. The van der Waals surface area contributed by atoms with E-state index in [2.05, 4.69) is 66.4 Å². The number of rotatable bonds is 5. The molecule has 2 aromatic rings. The lowest BCUT2D eigenvalue weighted by Crippen LogP contribution is -2.17. The number of nitrogens with zero attached hydrogens (tertiary/aromatic N) is 2. The molecule has 0 aliphatic rings. The van der Waals surface area contributed by atoms with Crippen LogP contribution in [0.15, 0.2) is 36.5 Å². The number of hydrogen-bond acceptors (Lipinski definition) is 3. The molecular formula is C17H23N3. The smallest absolute Gasteiger partial charge is 0.0598 e. The highest BCUT2D eigenvalue weighted by Crippen LogP contribution is 2.19. The predicted molar refractivity (Wildman–Crippen MR) is 85.0 cm³/mol. The van der Waals surface area contributed by atoms with Crippen LogP contribution >= 0.6 is 0 Å². The van der Waals surface area contributed by atoms with Gasteiger partial charge in [-0.25, -0.2) is 0 Å². The van der Waals surface area contributed by atoms with Gasteiger partial charge in [-0.15, -0.1) is 0 Å². The maximum atomic E-state index is 4.53. The molecule has 20 heavy (non-hydrogen) atoms. The molecule has 0 aliphatic carbocycles. The fourth-order valence-corrected chi connectivity index (χ4v) is 2.36. The standard InChI is InChI=1S/C17H23N3/c1-13-7-14(2)9-17(8-13)20(4)12-16-6-5-15(10-18-3)11-19-16/h5-9,11,18H,10,12H2,1-4H3. The molecule has 1 aromatic heterocycles. The summed E-state index contributed by atoms with van der Waals surface area (Å²) < 4.78 is 0. The molecule has 0 saturated carbocycles. The lowest BCUT2D eigenvalue weighted by molar-refractivity contribution is 0.806. The van der Waals surface area contributed by atoms with Crippen LogP contribution in [0, 0.1) is 13.8 Å². The van der Waals surface area contributed by atoms with Crippen LogP contribution in [0.2, 0.25) is 0 Å².